The van der Waals surface area contributed by atoms with E-state index in [0.29, 0.717) is 25.7 Å². The predicted octanol–water partition coefficient (Wildman–Crippen LogP) is 21.7. The standard InChI is InChI=1S/C74H144O17P2/c1-6-9-12-15-18-21-24-26-27-28-29-30-32-34-39-44-49-54-59-73(78)90-69(64-85-72(77)58-53-48-43-38-33-31-25-22-19-16-13-10-7-2)65-88-92(80,81)86-61-68(75)62-87-93(82,83)89-66-70(63-84-71(76)57-52-47-42-37-23-20-17-14-11-8-3)91-74(79)60-55-50-45-40-35-36-41-46-51-56-67(4)5/h67-70,75H,6-66H2,1-5H3,(H,80,81)(H,82,83)/t68-,69-,70-/m1/s1. The van der Waals surface area contributed by atoms with E-state index in [9.17, 15) is 43.2 Å². The molecule has 0 saturated carbocycles. The van der Waals surface area contributed by atoms with E-state index in [1.807, 2.05) is 0 Å². The van der Waals surface area contributed by atoms with E-state index >= 15 is 0 Å². The molecular weight excluding hydrogens is 1220 g/mol. The van der Waals surface area contributed by atoms with E-state index in [1.165, 1.54) is 212 Å². The Kier molecular flexibility index (Phi) is 65.9. The monoisotopic (exact) mass is 1370 g/mol. The second kappa shape index (κ2) is 67.3. The number of aliphatic hydroxyl groups is 1. The molecule has 5 atom stereocenters. The van der Waals surface area contributed by atoms with Crippen molar-refractivity contribution in [3.8, 4) is 0 Å². The number of esters is 4. The van der Waals surface area contributed by atoms with Crippen molar-refractivity contribution in [3.63, 3.8) is 0 Å². The van der Waals surface area contributed by atoms with E-state index in [2.05, 4.69) is 34.6 Å². The maximum atomic E-state index is 13.1. The third-order valence-corrected chi connectivity index (χ3v) is 19.2. The van der Waals surface area contributed by atoms with Crippen LogP contribution >= 0.6 is 15.6 Å². The van der Waals surface area contributed by atoms with Crippen molar-refractivity contribution in [2.45, 2.75) is 406 Å². The van der Waals surface area contributed by atoms with Gasteiger partial charge in [-0.05, 0) is 31.6 Å². The molecule has 0 rings (SSSR count). The molecule has 552 valence electrons. The van der Waals surface area contributed by atoms with Gasteiger partial charge in [0.15, 0.2) is 12.2 Å². The van der Waals surface area contributed by atoms with E-state index in [1.54, 1.807) is 0 Å². The number of aliphatic hydroxyl groups excluding tert-OH is 1. The first-order valence-corrected chi connectivity index (χ1v) is 41.6. The minimum atomic E-state index is -4.95. The van der Waals surface area contributed by atoms with Gasteiger partial charge in [-0.25, -0.2) is 9.13 Å². The molecule has 0 fully saturated rings. The molecule has 2 unspecified atom stereocenters. The van der Waals surface area contributed by atoms with Crippen molar-refractivity contribution in [2.24, 2.45) is 5.92 Å². The number of hydrogen-bond donors (Lipinski definition) is 3. The topological polar surface area (TPSA) is 237 Å². The van der Waals surface area contributed by atoms with Gasteiger partial charge in [-0.1, -0.05) is 336 Å². The van der Waals surface area contributed by atoms with Crippen molar-refractivity contribution in [2.75, 3.05) is 39.6 Å². The summed E-state index contributed by atoms with van der Waals surface area (Å²) in [6.45, 7) is 7.25. The number of rotatable bonds is 74. The van der Waals surface area contributed by atoms with Gasteiger partial charge in [-0.2, -0.15) is 0 Å². The van der Waals surface area contributed by atoms with Crippen LogP contribution in [0.25, 0.3) is 0 Å². The smallest absolute Gasteiger partial charge is 0.462 e. The highest BCUT2D eigenvalue weighted by atomic mass is 31.2. The van der Waals surface area contributed by atoms with Gasteiger partial charge in [0.05, 0.1) is 26.4 Å². The normalized spacial score (nSPS) is 14.0. The molecule has 0 aromatic carbocycles. The Morgan fingerprint density at radius 3 is 0.731 bits per heavy atom. The van der Waals surface area contributed by atoms with Crippen LogP contribution < -0.4 is 0 Å². The molecule has 0 aromatic heterocycles. The Hall–Kier alpha value is -1.94. The van der Waals surface area contributed by atoms with Crippen molar-refractivity contribution in [3.05, 3.63) is 0 Å². The Bertz CT molecular complexity index is 1790. The number of phosphoric acid groups is 2. The lowest BCUT2D eigenvalue weighted by atomic mass is 10.0. The van der Waals surface area contributed by atoms with Crippen molar-refractivity contribution < 1.29 is 80.2 Å². The first kappa shape index (κ1) is 91.1. The number of carbonyl (C=O) groups excluding carboxylic acids is 4. The van der Waals surface area contributed by atoms with Crippen LogP contribution in [-0.4, -0.2) is 96.7 Å². The number of carbonyl (C=O) groups is 4. The fraction of sp³-hybridized carbons (Fsp3) is 0.946. The summed E-state index contributed by atoms with van der Waals surface area (Å²) in [7, 11) is -9.90. The Morgan fingerprint density at radius 1 is 0.290 bits per heavy atom. The SMILES string of the molecule is CCCCCCCCCCCCCCCCCCCCC(=O)O[C@H](COC(=O)CCCCCCCCCCCCCCC)COP(=O)(O)OC[C@@H](O)COP(=O)(O)OC[C@@H](COC(=O)CCCCCCCCCCCC)OC(=O)CCCCCCCCCCCC(C)C. The molecule has 0 aliphatic heterocycles. The molecule has 0 radical (unpaired) electrons. The summed E-state index contributed by atoms with van der Waals surface area (Å²) in [5, 5.41) is 10.6. The average molecular weight is 1370 g/mol. The van der Waals surface area contributed by atoms with Gasteiger partial charge >= 0.3 is 39.5 Å². The van der Waals surface area contributed by atoms with Gasteiger partial charge in [-0.3, -0.25) is 37.3 Å². The zero-order valence-corrected chi connectivity index (χ0v) is 62.2. The van der Waals surface area contributed by atoms with Gasteiger partial charge in [-0.15, -0.1) is 0 Å². The average Bonchev–Trinajstić information content (AvgIpc) is 2.27. The van der Waals surface area contributed by atoms with Crippen molar-refractivity contribution in [1.82, 2.24) is 0 Å². The van der Waals surface area contributed by atoms with Crippen LogP contribution in [0.4, 0.5) is 0 Å². The first-order valence-electron chi connectivity index (χ1n) is 38.6. The summed E-state index contributed by atoms with van der Waals surface area (Å²) in [6, 6.07) is 0. The summed E-state index contributed by atoms with van der Waals surface area (Å²) in [5.41, 5.74) is 0. The maximum Gasteiger partial charge on any atom is 0.472 e. The molecule has 0 spiro atoms. The number of hydrogen-bond acceptors (Lipinski definition) is 15. The van der Waals surface area contributed by atoms with Gasteiger partial charge in [0.25, 0.3) is 0 Å². The highest BCUT2D eigenvalue weighted by Gasteiger charge is 2.30. The molecule has 0 heterocycles. The molecule has 19 heteroatoms. The molecule has 17 nitrogen and oxygen atoms in total. The van der Waals surface area contributed by atoms with Gasteiger partial charge < -0.3 is 33.8 Å². The number of phosphoric ester groups is 2. The molecule has 0 saturated heterocycles. The zero-order chi connectivity index (χ0) is 68.4. The largest absolute Gasteiger partial charge is 0.472 e. The molecular formula is C74H144O17P2. The van der Waals surface area contributed by atoms with Gasteiger partial charge in [0.2, 0.25) is 0 Å². The highest BCUT2D eigenvalue weighted by Crippen LogP contribution is 2.45. The van der Waals surface area contributed by atoms with E-state index in [-0.39, 0.29) is 25.7 Å². The van der Waals surface area contributed by atoms with E-state index in [4.69, 9.17) is 37.0 Å². The molecule has 0 aromatic rings. The molecule has 3 N–H and O–H groups in total. The van der Waals surface area contributed by atoms with Crippen molar-refractivity contribution >= 4 is 39.5 Å². The summed E-state index contributed by atoms with van der Waals surface area (Å²) >= 11 is 0. The quantitative estimate of drug-likeness (QED) is 0.0222. The fourth-order valence-corrected chi connectivity index (χ4v) is 12.9. The third-order valence-electron chi connectivity index (χ3n) is 17.3. The first-order chi connectivity index (χ1) is 45.0. The number of unbranched alkanes of at least 4 members (excludes halogenated alkanes) is 46. The summed E-state index contributed by atoms with van der Waals surface area (Å²) in [6.07, 6.45) is 55.4. The lowest BCUT2D eigenvalue weighted by Crippen LogP contribution is -2.30. The highest BCUT2D eigenvalue weighted by molar-refractivity contribution is 7.47. The van der Waals surface area contributed by atoms with Crippen LogP contribution in [0.3, 0.4) is 0 Å². The van der Waals surface area contributed by atoms with Crippen LogP contribution in [-0.2, 0) is 65.4 Å². The predicted molar refractivity (Wildman–Crippen MR) is 377 cm³/mol. The van der Waals surface area contributed by atoms with Crippen LogP contribution in [0.1, 0.15) is 388 Å². The second-order valence-electron chi connectivity index (χ2n) is 27.2. The van der Waals surface area contributed by atoms with Crippen LogP contribution in [0.15, 0.2) is 0 Å². The summed E-state index contributed by atoms with van der Waals surface area (Å²) < 4.78 is 68.4. The van der Waals surface area contributed by atoms with Crippen molar-refractivity contribution in [1.29, 1.82) is 0 Å². The van der Waals surface area contributed by atoms with E-state index in [0.717, 1.165) is 95.8 Å². The third kappa shape index (κ3) is 68.4. The Morgan fingerprint density at radius 2 is 0.495 bits per heavy atom. The lowest BCUT2D eigenvalue weighted by molar-refractivity contribution is -0.161. The molecule has 0 amide bonds. The fourth-order valence-electron chi connectivity index (χ4n) is 11.4. The van der Waals surface area contributed by atoms with Crippen LogP contribution in [0.5, 0.6) is 0 Å². The molecule has 0 aliphatic carbocycles. The van der Waals surface area contributed by atoms with Gasteiger partial charge in [0, 0.05) is 25.7 Å². The summed E-state index contributed by atoms with van der Waals surface area (Å²) in [5.74, 6) is -1.38. The summed E-state index contributed by atoms with van der Waals surface area (Å²) in [4.78, 5) is 72.7. The van der Waals surface area contributed by atoms with Gasteiger partial charge in [0.1, 0.15) is 19.3 Å². The Balaban J connectivity index is 5.23. The number of ether oxygens (including phenoxy) is 4. The van der Waals surface area contributed by atoms with Crippen LogP contribution in [0, 0.1) is 5.92 Å². The minimum Gasteiger partial charge on any atom is -0.462 e. The Labute approximate surface area is 568 Å². The lowest BCUT2D eigenvalue weighted by Gasteiger charge is -2.21. The molecule has 0 bridgehead atoms. The molecule has 93 heavy (non-hydrogen) atoms. The van der Waals surface area contributed by atoms with Crippen LogP contribution in [0.2, 0.25) is 0 Å². The van der Waals surface area contributed by atoms with E-state index < -0.39 is 97.5 Å². The molecule has 0 aliphatic rings. The second-order valence-corrected chi connectivity index (χ2v) is 30.1. The minimum absolute atomic E-state index is 0.106. The zero-order valence-electron chi connectivity index (χ0n) is 60.4. The maximum absolute atomic E-state index is 13.1.